The molecule has 0 spiro atoms. The highest BCUT2D eigenvalue weighted by Gasteiger charge is 2.25. The van der Waals surface area contributed by atoms with Crippen molar-refractivity contribution in [3.63, 3.8) is 0 Å². The van der Waals surface area contributed by atoms with E-state index < -0.39 is 0 Å². The molecule has 0 radical (unpaired) electrons. The van der Waals surface area contributed by atoms with E-state index in [-0.39, 0.29) is 0 Å². The molecule has 1 fully saturated rings. The Morgan fingerprint density at radius 3 is 2.94 bits per heavy atom. The number of nitrogens with one attached hydrogen (secondary N) is 1. The summed E-state index contributed by atoms with van der Waals surface area (Å²) < 4.78 is 5.62. The summed E-state index contributed by atoms with van der Waals surface area (Å²) in [4.78, 5) is 4.27. The first-order valence-electron chi connectivity index (χ1n) is 6.58. The highest BCUT2D eigenvalue weighted by molar-refractivity contribution is 5.26. The zero-order chi connectivity index (χ0) is 12.1. The summed E-state index contributed by atoms with van der Waals surface area (Å²) in [6.45, 7) is 2.87. The molecule has 1 aromatic rings. The van der Waals surface area contributed by atoms with E-state index in [2.05, 4.69) is 23.3 Å². The molecule has 0 aromatic carbocycles. The van der Waals surface area contributed by atoms with E-state index in [1.54, 1.807) is 6.20 Å². The number of ether oxygens (including phenoxy) is 1. The van der Waals surface area contributed by atoms with Gasteiger partial charge in [-0.1, -0.05) is 19.8 Å². The highest BCUT2D eigenvalue weighted by atomic mass is 16.5. The Balaban J connectivity index is 2.01. The van der Waals surface area contributed by atoms with Crippen molar-refractivity contribution in [2.45, 2.75) is 38.6 Å². The summed E-state index contributed by atoms with van der Waals surface area (Å²) in [5, 5.41) is 3.38. The largest absolute Gasteiger partial charge is 0.492 e. The molecule has 1 atom stereocenters. The molecule has 94 valence electrons. The van der Waals surface area contributed by atoms with Gasteiger partial charge in [-0.15, -0.1) is 0 Å². The van der Waals surface area contributed by atoms with Crippen LogP contribution in [0.3, 0.4) is 0 Å². The number of aromatic nitrogens is 1. The molecule has 3 heteroatoms. The Labute approximate surface area is 104 Å². The summed E-state index contributed by atoms with van der Waals surface area (Å²) in [5.41, 5.74) is 1.24. The maximum absolute atomic E-state index is 5.62. The first-order valence-corrected chi connectivity index (χ1v) is 6.58. The molecular formula is C14H22N2O. The number of nitrogens with zero attached hydrogens (tertiary/aromatic N) is 1. The number of pyridine rings is 1. The molecule has 1 aliphatic carbocycles. The minimum atomic E-state index is 0.417. The van der Waals surface area contributed by atoms with Gasteiger partial charge in [-0.05, 0) is 37.4 Å². The smallest absolute Gasteiger partial charge is 0.137 e. The van der Waals surface area contributed by atoms with E-state index in [1.165, 1.54) is 24.8 Å². The Kier molecular flexibility index (Phi) is 4.37. The second-order valence-electron chi connectivity index (χ2n) is 4.82. The molecule has 1 aliphatic rings. The molecule has 1 unspecified atom stereocenters. The molecule has 1 heterocycles. The maximum atomic E-state index is 5.62. The van der Waals surface area contributed by atoms with Crippen LogP contribution in [0, 0.1) is 5.92 Å². The predicted octanol–water partition coefficient (Wildman–Crippen LogP) is 2.93. The summed E-state index contributed by atoms with van der Waals surface area (Å²) in [6, 6.07) is 2.53. The Bertz CT molecular complexity index is 350. The van der Waals surface area contributed by atoms with Crippen molar-refractivity contribution in [2.75, 3.05) is 13.7 Å². The van der Waals surface area contributed by atoms with Crippen LogP contribution in [-0.4, -0.2) is 18.6 Å². The van der Waals surface area contributed by atoms with Crippen molar-refractivity contribution >= 4 is 0 Å². The van der Waals surface area contributed by atoms with E-state index in [9.17, 15) is 0 Å². The molecule has 3 nitrogen and oxygen atoms in total. The summed E-state index contributed by atoms with van der Waals surface area (Å²) >= 11 is 0. The van der Waals surface area contributed by atoms with Crippen LogP contribution in [-0.2, 0) is 0 Å². The fraction of sp³-hybridized carbons (Fsp3) is 0.643. The van der Waals surface area contributed by atoms with Gasteiger partial charge in [0.2, 0.25) is 0 Å². The zero-order valence-electron chi connectivity index (χ0n) is 10.8. The fourth-order valence-electron chi connectivity index (χ4n) is 2.03. The number of rotatable bonds is 7. The van der Waals surface area contributed by atoms with E-state index in [1.807, 2.05) is 13.2 Å². The van der Waals surface area contributed by atoms with Gasteiger partial charge in [-0.25, -0.2) is 0 Å². The molecule has 1 saturated carbocycles. The van der Waals surface area contributed by atoms with Crippen LogP contribution < -0.4 is 10.1 Å². The molecule has 0 amide bonds. The van der Waals surface area contributed by atoms with E-state index in [4.69, 9.17) is 4.74 Å². The standard InChI is InChI=1S/C14H22N2O/c1-3-6-17-13-8-12(9-16-10-13)14(15-2)7-11-4-5-11/h8-11,14-15H,3-7H2,1-2H3. The topological polar surface area (TPSA) is 34.1 Å². The highest BCUT2D eigenvalue weighted by Crippen LogP contribution is 2.37. The third-order valence-electron chi connectivity index (χ3n) is 3.22. The van der Waals surface area contributed by atoms with Crippen LogP contribution in [0.5, 0.6) is 5.75 Å². The molecule has 0 saturated heterocycles. The maximum Gasteiger partial charge on any atom is 0.137 e. The van der Waals surface area contributed by atoms with Gasteiger partial charge in [-0.3, -0.25) is 4.98 Å². The quantitative estimate of drug-likeness (QED) is 0.787. The Morgan fingerprint density at radius 2 is 2.29 bits per heavy atom. The van der Waals surface area contributed by atoms with Crippen molar-refractivity contribution in [3.05, 3.63) is 24.0 Å². The average Bonchev–Trinajstić information content (AvgIpc) is 3.18. The normalized spacial score (nSPS) is 16.8. The molecule has 0 bridgehead atoms. The van der Waals surface area contributed by atoms with Crippen LogP contribution in [0.1, 0.15) is 44.2 Å². The minimum absolute atomic E-state index is 0.417. The van der Waals surface area contributed by atoms with E-state index in [0.717, 1.165) is 24.7 Å². The SMILES string of the molecule is CCCOc1cncc(C(CC2CC2)NC)c1. The predicted molar refractivity (Wildman–Crippen MR) is 69.2 cm³/mol. The molecule has 1 aromatic heterocycles. The molecule has 2 rings (SSSR count). The fourth-order valence-corrected chi connectivity index (χ4v) is 2.03. The van der Waals surface area contributed by atoms with Gasteiger partial charge in [0.25, 0.3) is 0 Å². The van der Waals surface area contributed by atoms with Crippen molar-refractivity contribution in [3.8, 4) is 5.75 Å². The Hall–Kier alpha value is -1.09. The molecule has 1 N–H and O–H groups in total. The molecule has 17 heavy (non-hydrogen) atoms. The van der Waals surface area contributed by atoms with Crippen molar-refractivity contribution in [2.24, 2.45) is 5.92 Å². The first-order chi connectivity index (χ1) is 8.33. The lowest BCUT2D eigenvalue weighted by Gasteiger charge is -2.16. The monoisotopic (exact) mass is 234 g/mol. The summed E-state index contributed by atoms with van der Waals surface area (Å²) in [6.07, 6.45) is 8.76. The lowest BCUT2D eigenvalue weighted by molar-refractivity contribution is 0.315. The van der Waals surface area contributed by atoms with E-state index >= 15 is 0 Å². The van der Waals surface area contributed by atoms with Gasteiger partial charge in [-0.2, -0.15) is 0 Å². The summed E-state index contributed by atoms with van der Waals surface area (Å²) in [7, 11) is 2.02. The minimum Gasteiger partial charge on any atom is -0.492 e. The van der Waals surface area contributed by atoms with Gasteiger partial charge in [0.05, 0.1) is 12.8 Å². The van der Waals surface area contributed by atoms with Gasteiger partial charge >= 0.3 is 0 Å². The van der Waals surface area contributed by atoms with Crippen molar-refractivity contribution in [1.82, 2.24) is 10.3 Å². The number of hydrogen-bond acceptors (Lipinski definition) is 3. The lowest BCUT2D eigenvalue weighted by atomic mass is 10.0. The zero-order valence-corrected chi connectivity index (χ0v) is 10.8. The van der Waals surface area contributed by atoms with Crippen molar-refractivity contribution < 1.29 is 4.74 Å². The number of hydrogen-bond donors (Lipinski definition) is 1. The third-order valence-corrected chi connectivity index (χ3v) is 3.22. The van der Waals surface area contributed by atoms with Gasteiger partial charge < -0.3 is 10.1 Å². The van der Waals surface area contributed by atoms with Crippen LogP contribution >= 0.6 is 0 Å². The second-order valence-corrected chi connectivity index (χ2v) is 4.82. The Morgan fingerprint density at radius 1 is 1.47 bits per heavy atom. The summed E-state index contributed by atoms with van der Waals surface area (Å²) in [5.74, 6) is 1.80. The van der Waals surface area contributed by atoms with Crippen molar-refractivity contribution in [1.29, 1.82) is 0 Å². The first kappa shape index (κ1) is 12.4. The van der Waals surface area contributed by atoms with Crippen LogP contribution in [0.15, 0.2) is 18.5 Å². The van der Waals surface area contributed by atoms with E-state index in [0.29, 0.717) is 6.04 Å². The average molecular weight is 234 g/mol. The van der Waals surface area contributed by atoms with Gasteiger partial charge in [0, 0.05) is 12.2 Å². The lowest BCUT2D eigenvalue weighted by Crippen LogP contribution is -2.17. The van der Waals surface area contributed by atoms with Crippen LogP contribution in [0.2, 0.25) is 0 Å². The molecular weight excluding hydrogens is 212 g/mol. The third kappa shape index (κ3) is 3.70. The van der Waals surface area contributed by atoms with Crippen LogP contribution in [0.4, 0.5) is 0 Å². The molecule has 0 aliphatic heterocycles. The van der Waals surface area contributed by atoms with Gasteiger partial charge in [0.1, 0.15) is 5.75 Å². The second kappa shape index (κ2) is 6.01. The van der Waals surface area contributed by atoms with Gasteiger partial charge in [0.15, 0.2) is 0 Å². The van der Waals surface area contributed by atoms with Crippen LogP contribution in [0.25, 0.3) is 0 Å².